The van der Waals surface area contributed by atoms with Gasteiger partial charge in [-0.15, -0.1) is 0 Å². The molecule has 0 radical (unpaired) electrons. The first-order chi connectivity index (χ1) is 7.56. The van der Waals surface area contributed by atoms with Crippen LogP contribution in [-0.4, -0.2) is 34.5 Å². The summed E-state index contributed by atoms with van der Waals surface area (Å²) in [6.07, 6.45) is -1.20. The molecular weight excluding hydrogens is 236 g/mol. The highest BCUT2D eigenvalue weighted by atomic mass is 35.5. The molecule has 0 aliphatic heterocycles. The fraction of sp³-hybridized carbons (Fsp3) is 0.300. The minimum absolute atomic E-state index is 0.0522. The maximum atomic E-state index is 10.9. The summed E-state index contributed by atoms with van der Waals surface area (Å²) in [5.41, 5.74) is 0.309. The fourth-order valence-corrected chi connectivity index (χ4v) is 1.36. The third-order valence-corrected chi connectivity index (χ3v) is 2.18. The van der Waals surface area contributed by atoms with Crippen molar-refractivity contribution < 1.29 is 24.9 Å². The molecule has 5 nitrogen and oxygen atoms in total. The molecule has 88 valence electrons. The molecule has 0 aliphatic carbocycles. The third kappa shape index (κ3) is 3.10. The second kappa shape index (κ2) is 5.69. The molecule has 3 N–H and O–H groups in total. The number of carbonyl (C=O) groups is 1. The molecule has 0 heterocycles. The summed E-state index contributed by atoms with van der Waals surface area (Å²) < 4.78 is 4.94. The Morgan fingerprint density at radius 1 is 1.50 bits per heavy atom. The number of phenolic OH excluding ortho intramolecular Hbond substituents is 1. The largest absolute Gasteiger partial charge is 0.506 e. The first-order valence-corrected chi connectivity index (χ1v) is 4.87. The van der Waals surface area contributed by atoms with Crippen LogP contribution in [0.25, 0.3) is 0 Å². The van der Waals surface area contributed by atoms with Crippen LogP contribution in [0.2, 0.25) is 5.02 Å². The molecule has 1 aromatic carbocycles. The molecule has 1 atom stereocenters. The van der Waals surface area contributed by atoms with Gasteiger partial charge in [0, 0.05) is 0 Å². The Bertz CT molecular complexity index is 379. The van der Waals surface area contributed by atoms with Crippen LogP contribution >= 0.6 is 11.6 Å². The van der Waals surface area contributed by atoms with E-state index in [1.165, 1.54) is 18.2 Å². The van der Waals surface area contributed by atoms with Gasteiger partial charge in [-0.1, -0.05) is 17.7 Å². The minimum Gasteiger partial charge on any atom is -0.506 e. The average Bonchev–Trinajstić information content (AvgIpc) is 2.23. The molecule has 0 amide bonds. The number of rotatable bonds is 5. The Morgan fingerprint density at radius 2 is 2.19 bits per heavy atom. The SMILES string of the molecule is O=C(O)C(OCCO)c1ccc(O)c(Cl)c1. The van der Waals surface area contributed by atoms with E-state index < -0.39 is 12.1 Å². The molecule has 1 unspecified atom stereocenters. The molecule has 0 bridgehead atoms. The highest BCUT2D eigenvalue weighted by Crippen LogP contribution is 2.28. The van der Waals surface area contributed by atoms with Gasteiger partial charge < -0.3 is 20.1 Å². The van der Waals surface area contributed by atoms with E-state index in [1.807, 2.05) is 0 Å². The summed E-state index contributed by atoms with van der Waals surface area (Å²) in [5, 5.41) is 26.7. The van der Waals surface area contributed by atoms with E-state index in [9.17, 15) is 9.90 Å². The molecular formula is C10H11ClO5. The van der Waals surface area contributed by atoms with Crippen LogP contribution in [0.4, 0.5) is 0 Å². The molecule has 16 heavy (non-hydrogen) atoms. The maximum absolute atomic E-state index is 10.9. The molecule has 0 aliphatic rings. The van der Waals surface area contributed by atoms with Crippen molar-refractivity contribution in [2.45, 2.75) is 6.10 Å². The number of hydrogen-bond donors (Lipinski definition) is 3. The fourth-order valence-electron chi connectivity index (χ4n) is 1.17. The molecule has 0 fully saturated rings. The zero-order chi connectivity index (χ0) is 12.1. The first-order valence-electron chi connectivity index (χ1n) is 4.50. The predicted molar refractivity (Wildman–Crippen MR) is 56.5 cm³/mol. The molecule has 0 saturated heterocycles. The number of ether oxygens (including phenoxy) is 1. The lowest BCUT2D eigenvalue weighted by atomic mass is 10.1. The third-order valence-electron chi connectivity index (χ3n) is 1.87. The van der Waals surface area contributed by atoms with Crippen molar-refractivity contribution in [2.75, 3.05) is 13.2 Å². The van der Waals surface area contributed by atoms with Crippen molar-refractivity contribution in [3.8, 4) is 5.75 Å². The van der Waals surface area contributed by atoms with Crippen LogP contribution in [0.3, 0.4) is 0 Å². The van der Waals surface area contributed by atoms with Crippen LogP contribution in [0, 0.1) is 0 Å². The van der Waals surface area contributed by atoms with E-state index in [1.54, 1.807) is 0 Å². The highest BCUT2D eigenvalue weighted by Gasteiger charge is 2.21. The number of carboxylic acids is 1. The first kappa shape index (κ1) is 12.8. The normalized spacial score (nSPS) is 12.4. The number of benzene rings is 1. The maximum Gasteiger partial charge on any atom is 0.337 e. The second-order valence-electron chi connectivity index (χ2n) is 3.02. The Morgan fingerprint density at radius 3 is 2.69 bits per heavy atom. The Labute approximate surface area is 96.9 Å². The molecule has 6 heteroatoms. The molecule has 0 spiro atoms. The zero-order valence-corrected chi connectivity index (χ0v) is 9.02. The van der Waals surface area contributed by atoms with Crippen LogP contribution < -0.4 is 0 Å². The van der Waals surface area contributed by atoms with E-state index in [-0.39, 0.29) is 24.0 Å². The predicted octanol–water partition coefficient (Wildman–Crippen LogP) is 1.18. The monoisotopic (exact) mass is 246 g/mol. The van der Waals surface area contributed by atoms with E-state index in [4.69, 9.17) is 26.6 Å². The van der Waals surface area contributed by atoms with Crippen molar-refractivity contribution in [1.82, 2.24) is 0 Å². The van der Waals surface area contributed by atoms with Gasteiger partial charge in [0.1, 0.15) is 5.75 Å². The number of hydrogen-bond acceptors (Lipinski definition) is 4. The number of carboxylic acid groups (broad SMARTS) is 1. The van der Waals surface area contributed by atoms with Gasteiger partial charge in [-0.05, 0) is 17.7 Å². The Hall–Kier alpha value is -1.30. The minimum atomic E-state index is -1.20. The van der Waals surface area contributed by atoms with Gasteiger partial charge in [0.05, 0.1) is 18.2 Å². The van der Waals surface area contributed by atoms with Gasteiger partial charge in [0.2, 0.25) is 0 Å². The number of phenols is 1. The van der Waals surface area contributed by atoms with Crippen molar-refractivity contribution in [3.05, 3.63) is 28.8 Å². The Balaban J connectivity index is 2.92. The summed E-state index contributed by atoms with van der Waals surface area (Å²) in [6.45, 7) is -0.356. The van der Waals surface area contributed by atoms with Gasteiger partial charge in [-0.3, -0.25) is 0 Å². The van der Waals surface area contributed by atoms with Gasteiger partial charge in [-0.25, -0.2) is 4.79 Å². The number of halogens is 1. The van der Waals surface area contributed by atoms with Crippen LogP contribution in [0.1, 0.15) is 11.7 Å². The van der Waals surface area contributed by atoms with Crippen LogP contribution in [-0.2, 0) is 9.53 Å². The smallest absolute Gasteiger partial charge is 0.337 e. The number of aliphatic hydroxyl groups excluding tert-OH is 1. The molecule has 0 aromatic heterocycles. The van der Waals surface area contributed by atoms with Gasteiger partial charge in [-0.2, -0.15) is 0 Å². The van der Waals surface area contributed by atoms with Crippen molar-refractivity contribution in [2.24, 2.45) is 0 Å². The van der Waals surface area contributed by atoms with Gasteiger partial charge in [0.15, 0.2) is 6.10 Å². The zero-order valence-electron chi connectivity index (χ0n) is 8.26. The summed E-state index contributed by atoms with van der Waals surface area (Å²) in [4.78, 5) is 10.9. The summed E-state index contributed by atoms with van der Waals surface area (Å²) in [5.74, 6) is -1.31. The molecule has 1 rings (SSSR count). The number of aliphatic hydroxyl groups is 1. The molecule has 1 aromatic rings. The molecule has 0 saturated carbocycles. The van der Waals surface area contributed by atoms with Crippen LogP contribution in [0.5, 0.6) is 5.75 Å². The van der Waals surface area contributed by atoms with Gasteiger partial charge in [0.25, 0.3) is 0 Å². The lowest BCUT2D eigenvalue weighted by Gasteiger charge is -2.13. The van der Waals surface area contributed by atoms with E-state index in [0.29, 0.717) is 5.56 Å². The average molecular weight is 247 g/mol. The topological polar surface area (TPSA) is 87.0 Å². The van der Waals surface area contributed by atoms with E-state index >= 15 is 0 Å². The van der Waals surface area contributed by atoms with Crippen molar-refractivity contribution in [3.63, 3.8) is 0 Å². The summed E-state index contributed by atoms with van der Waals surface area (Å²) in [6, 6.07) is 4.00. The van der Waals surface area contributed by atoms with E-state index in [2.05, 4.69) is 0 Å². The van der Waals surface area contributed by atoms with E-state index in [0.717, 1.165) is 0 Å². The van der Waals surface area contributed by atoms with Crippen LogP contribution in [0.15, 0.2) is 18.2 Å². The number of aromatic hydroxyl groups is 1. The second-order valence-corrected chi connectivity index (χ2v) is 3.43. The van der Waals surface area contributed by atoms with Gasteiger partial charge >= 0.3 is 5.97 Å². The quantitative estimate of drug-likeness (QED) is 0.726. The summed E-state index contributed by atoms with van der Waals surface area (Å²) >= 11 is 5.65. The Kier molecular flexibility index (Phi) is 4.54. The number of aliphatic carboxylic acids is 1. The highest BCUT2D eigenvalue weighted by molar-refractivity contribution is 6.32. The standard InChI is InChI=1S/C10H11ClO5/c11-7-5-6(1-2-8(7)13)9(10(14)15)16-4-3-12/h1-2,5,9,12-13H,3-4H2,(H,14,15). The van der Waals surface area contributed by atoms with Crippen molar-refractivity contribution >= 4 is 17.6 Å². The lowest BCUT2D eigenvalue weighted by Crippen LogP contribution is -2.17. The lowest BCUT2D eigenvalue weighted by molar-refractivity contribution is -0.151. The summed E-state index contributed by atoms with van der Waals surface area (Å²) in [7, 11) is 0. The van der Waals surface area contributed by atoms with Crippen molar-refractivity contribution in [1.29, 1.82) is 0 Å².